The van der Waals surface area contributed by atoms with Crippen LogP contribution in [0, 0.1) is 0 Å². The average molecular weight is 366 g/mol. The van der Waals surface area contributed by atoms with Gasteiger partial charge in [0.15, 0.2) is 0 Å². The van der Waals surface area contributed by atoms with Crippen molar-refractivity contribution in [2.75, 3.05) is 31.5 Å². The molecule has 3 rings (SSSR count). The number of carbonyl (C=O) groups is 1. The molecule has 7 nitrogen and oxygen atoms in total. The predicted octanol–water partition coefficient (Wildman–Crippen LogP) is 2.87. The third-order valence-corrected chi connectivity index (χ3v) is 4.68. The number of primary amides is 1. The number of anilines is 1. The van der Waals surface area contributed by atoms with E-state index in [0.717, 1.165) is 49.5 Å². The summed E-state index contributed by atoms with van der Waals surface area (Å²) >= 11 is 0. The lowest BCUT2D eigenvalue weighted by atomic mass is 10.2. The highest BCUT2D eigenvalue weighted by Gasteiger charge is 2.14. The quantitative estimate of drug-likeness (QED) is 0.506. The fraction of sp³-hybridized carbons (Fsp3) is 0.350. The van der Waals surface area contributed by atoms with Gasteiger partial charge in [-0.3, -0.25) is 4.79 Å². The van der Waals surface area contributed by atoms with Gasteiger partial charge >= 0.3 is 0 Å². The van der Waals surface area contributed by atoms with E-state index in [1.807, 2.05) is 18.2 Å². The Kier molecular flexibility index (Phi) is 6.03. The first kappa shape index (κ1) is 18.8. The molecular weight excluding hydrogens is 340 g/mol. The number of hydrogen-bond acceptors (Lipinski definition) is 5. The summed E-state index contributed by atoms with van der Waals surface area (Å²) in [6.07, 6.45) is 2.79. The predicted molar refractivity (Wildman–Crippen MR) is 109 cm³/mol. The van der Waals surface area contributed by atoms with E-state index in [4.69, 9.17) is 5.73 Å². The van der Waals surface area contributed by atoms with Crippen LogP contribution in [-0.4, -0.2) is 51.9 Å². The molecule has 7 heteroatoms. The molecule has 2 aromatic heterocycles. The second-order valence-electron chi connectivity index (χ2n) is 6.36. The zero-order valence-electron chi connectivity index (χ0n) is 15.8. The van der Waals surface area contributed by atoms with E-state index >= 15 is 0 Å². The van der Waals surface area contributed by atoms with Crippen LogP contribution >= 0.6 is 0 Å². The summed E-state index contributed by atoms with van der Waals surface area (Å²) in [7, 11) is 0. The van der Waals surface area contributed by atoms with Crippen LogP contribution in [0.3, 0.4) is 0 Å². The number of nitrogens with two attached hydrogens (primary N) is 1. The van der Waals surface area contributed by atoms with Crippen molar-refractivity contribution in [3.8, 4) is 11.4 Å². The maximum absolute atomic E-state index is 11.6. The topological polar surface area (TPSA) is 99.9 Å². The number of benzene rings is 1. The number of pyridine rings is 1. The molecule has 1 aromatic carbocycles. The van der Waals surface area contributed by atoms with E-state index in [9.17, 15) is 4.79 Å². The van der Waals surface area contributed by atoms with Crippen molar-refractivity contribution < 1.29 is 4.79 Å². The number of nitrogens with zero attached hydrogens (tertiary/aromatic N) is 3. The maximum atomic E-state index is 11.6. The second-order valence-corrected chi connectivity index (χ2v) is 6.36. The van der Waals surface area contributed by atoms with Crippen LogP contribution in [0.25, 0.3) is 22.4 Å². The van der Waals surface area contributed by atoms with Gasteiger partial charge in [-0.1, -0.05) is 19.9 Å². The van der Waals surface area contributed by atoms with Crippen LogP contribution in [-0.2, 0) is 0 Å². The molecule has 0 saturated carbocycles. The average Bonchev–Trinajstić information content (AvgIpc) is 3.12. The minimum absolute atomic E-state index is 0.410. The van der Waals surface area contributed by atoms with Gasteiger partial charge in [0.25, 0.3) is 5.91 Å². The van der Waals surface area contributed by atoms with Gasteiger partial charge in [0.05, 0.1) is 16.6 Å². The molecule has 2 heterocycles. The molecule has 27 heavy (non-hydrogen) atoms. The summed E-state index contributed by atoms with van der Waals surface area (Å²) < 4.78 is 0. The van der Waals surface area contributed by atoms with Crippen molar-refractivity contribution in [3.63, 3.8) is 0 Å². The fourth-order valence-corrected chi connectivity index (χ4v) is 3.15. The molecule has 3 aromatic rings. The third-order valence-electron chi connectivity index (χ3n) is 4.68. The Morgan fingerprint density at radius 3 is 2.78 bits per heavy atom. The first-order valence-corrected chi connectivity index (χ1v) is 9.34. The Balaban J connectivity index is 1.81. The highest BCUT2D eigenvalue weighted by atomic mass is 16.1. The Morgan fingerprint density at radius 1 is 1.22 bits per heavy atom. The van der Waals surface area contributed by atoms with E-state index in [1.165, 1.54) is 0 Å². The Hall–Kier alpha value is -2.93. The zero-order chi connectivity index (χ0) is 19.2. The number of para-hydroxylation sites is 1. The van der Waals surface area contributed by atoms with E-state index < -0.39 is 5.91 Å². The molecule has 0 unspecified atom stereocenters. The number of H-pyrrole nitrogens is 1. The molecule has 0 aliphatic rings. The molecule has 0 bridgehead atoms. The molecular formula is C20H26N6O. The number of carbonyl (C=O) groups excluding carboxylic acids is 1. The number of fused-ring (bicyclic) bond motifs is 1. The molecule has 0 aliphatic carbocycles. The van der Waals surface area contributed by atoms with E-state index in [1.54, 1.807) is 18.3 Å². The summed E-state index contributed by atoms with van der Waals surface area (Å²) in [5, 5.41) is 3.41. The van der Waals surface area contributed by atoms with Gasteiger partial charge in [0.1, 0.15) is 17.2 Å². The number of amides is 1. The third kappa shape index (κ3) is 4.25. The molecule has 1 amide bonds. The molecule has 0 fully saturated rings. The van der Waals surface area contributed by atoms with Gasteiger partial charge in [-0.15, -0.1) is 0 Å². The Morgan fingerprint density at radius 2 is 2.04 bits per heavy atom. The van der Waals surface area contributed by atoms with Crippen LogP contribution in [0.4, 0.5) is 5.82 Å². The highest BCUT2D eigenvalue weighted by molar-refractivity contribution is 6.04. The first-order chi connectivity index (χ1) is 13.1. The summed E-state index contributed by atoms with van der Waals surface area (Å²) in [6, 6.07) is 9.19. The number of nitrogens with one attached hydrogen (secondary N) is 2. The molecule has 4 N–H and O–H groups in total. The lowest BCUT2D eigenvalue weighted by Gasteiger charge is -2.18. The Bertz CT molecular complexity index is 916. The lowest BCUT2D eigenvalue weighted by molar-refractivity contribution is 0.100. The van der Waals surface area contributed by atoms with Crippen molar-refractivity contribution in [2.24, 2.45) is 5.73 Å². The van der Waals surface area contributed by atoms with Gasteiger partial charge in [-0.05, 0) is 50.3 Å². The number of imidazole rings is 1. The Labute approximate surface area is 159 Å². The lowest BCUT2D eigenvalue weighted by Crippen LogP contribution is -2.25. The van der Waals surface area contributed by atoms with Crippen LogP contribution in [0.5, 0.6) is 0 Å². The van der Waals surface area contributed by atoms with Crippen molar-refractivity contribution in [1.82, 2.24) is 19.9 Å². The van der Waals surface area contributed by atoms with Crippen molar-refractivity contribution in [1.29, 1.82) is 0 Å². The number of rotatable bonds is 9. The van der Waals surface area contributed by atoms with Gasteiger partial charge in [0, 0.05) is 12.7 Å². The van der Waals surface area contributed by atoms with E-state index in [0.29, 0.717) is 16.9 Å². The largest absolute Gasteiger partial charge is 0.369 e. The standard InChI is InChI=1S/C20H26N6O/c1-3-26(4-2)13-7-12-23-19-15(9-6-11-22-19)20-24-16-10-5-8-14(18(21)27)17(16)25-20/h5-6,8-11H,3-4,7,12-13H2,1-2H3,(H2,21,27)(H,22,23)(H,24,25). The number of aromatic nitrogens is 3. The first-order valence-electron chi connectivity index (χ1n) is 9.34. The fourth-order valence-electron chi connectivity index (χ4n) is 3.15. The monoisotopic (exact) mass is 366 g/mol. The van der Waals surface area contributed by atoms with Crippen LogP contribution < -0.4 is 11.1 Å². The molecule has 0 atom stereocenters. The molecule has 0 spiro atoms. The molecule has 0 saturated heterocycles. The SMILES string of the molecule is CCN(CC)CCCNc1ncccc1-c1nc2c(C(N)=O)cccc2[nH]1. The number of hydrogen-bond donors (Lipinski definition) is 3. The van der Waals surface area contributed by atoms with Crippen LogP contribution in [0.2, 0.25) is 0 Å². The van der Waals surface area contributed by atoms with Crippen molar-refractivity contribution in [2.45, 2.75) is 20.3 Å². The van der Waals surface area contributed by atoms with Gasteiger partial charge < -0.3 is 20.9 Å². The minimum atomic E-state index is -0.486. The van der Waals surface area contributed by atoms with Gasteiger partial charge in [0.2, 0.25) is 0 Å². The summed E-state index contributed by atoms with van der Waals surface area (Å²) in [5.41, 5.74) is 8.10. The van der Waals surface area contributed by atoms with E-state index in [-0.39, 0.29) is 0 Å². The maximum Gasteiger partial charge on any atom is 0.250 e. The van der Waals surface area contributed by atoms with Crippen molar-refractivity contribution >= 4 is 22.8 Å². The molecule has 0 radical (unpaired) electrons. The normalized spacial score (nSPS) is 11.2. The summed E-state index contributed by atoms with van der Waals surface area (Å²) in [6.45, 7) is 8.35. The molecule has 0 aliphatic heterocycles. The van der Waals surface area contributed by atoms with Crippen molar-refractivity contribution in [3.05, 3.63) is 42.1 Å². The van der Waals surface area contributed by atoms with E-state index in [2.05, 4.69) is 39.0 Å². The van der Waals surface area contributed by atoms with Crippen LogP contribution in [0.15, 0.2) is 36.5 Å². The highest BCUT2D eigenvalue weighted by Crippen LogP contribution is 2.27. The minimum Gasteiger partial charge on any atom is -0.369 e. The summed E-state index contributed by atoms with van der Waals surface area (Å²) in [5.74, 6) is 0.953. The summed E-state index contributed by atoms with van der Waals surface area (Å²) in [4.78, 5) is 26.4. The molecule has 142 valence electrons. The van der Waals surface area contributed by atoms with Crippen LogP contribution in [0.1, 0.15) is 30.6 Å². The smallest absolute Gasteiger partial charge is 0.250 e. The van der Waals surface area contributed by atoms with Gasteiger partial charge in [-0.2, -0.15) is 0 Å². The zero-order valence-corrected chi connectivity index (χ0v) is 15.8. The van der Waals surface area contributed by atoms with Gasteiger partial charge in [-0.25, -0.2) is 9.97 Å². The second kappa shape index (κ2) is 8.64. The number of aromatic amines is 1.